The zero-order chi connectivity index (χ0) is 16.3. The summed E-state index contributed by atoms with van der Waals surface area (Å²) in [6.45, 7) is -0.186. The van der Waals surface area contributed by atoms with Crippen LogP contribution in [0, 0.1) is 5.63 Å². The van der Waals surface area contributed by atoms with E-state index in [2.05, 4.69) is 22.4 Å². The second-order valence-electron chi connectivity index (χ2n) is 4.21. The fraction of sp³-hybridized carbons (Fsp3) is 0.455. The van der Waals surface area contributed by atoms with E-state index in [1.807, 2.05) is 0 Å². The molecule has 1 aliphatic rings. The van der Waals surface area contributed by atoms with Gasteiger partial charge in [-0.3, -0.25) is 0 Å². The third kappa shape index (κ3) is 3.85. The molecule has 10 heteroatoms. The summed E-state index contributed by atoms with van der Waals surface area (Å²) in [7, 11) is 0. The van der Waals surface area contributed by atoms with Gasteiger partial charge in [0.15, 0.2) is 0 Å². The molecule has 1 aromatic rings. The molecule has 8 nitrogen and oxygen atoms in total. The fourth-order valence-corrected chi connectivity index (χ4v) is 2.27. The molecule has 1 fully saturated rings. The molecule has 2 rings (SSSR count). The van der Waals surface area contributed by atoms with Gasteiger partial charge in [0.25, 0.3) is 0 Å². The number of nitrogens with one attached hydrogen (secondary N) is 1. The Morgan fingerprint density at radius 2 is 2.57 bits per heavy atom. The minimum absolute atomic E-state index is 0.108. The number of carbonyl (C=O) groups excluding carboxylic acids is 1. The van der Waals surface area contributed by atoms with Crippen molar-refractivity contribution in [3.8, 4) is 5.63 Å². The normalized spacial score (nSPS) is 26.3. The first-order chi connectivity index (χ1) is 10.5. The molecule has 2 heterocycles. The number of H-pyrrole nitrogens is 1. The quantitative estimate of drug-likeness (QED) is 0.575. The summed E-state index contributed by atoms with van der Waals surface area (Å²) in [5.41, 5.74) is 1.26. The van der Waals surface area contributed by atoms with Crippen LogP contribution in [0.4, 0.5) is 0 Å². The van der Waals surface area contributed by atoms with Gasteiger partial charge < -0.3 is 0 Å². The zero-order valence-electron chi connectivity index (χ0n) is 11.6. The first kappa shape index (κ1) is 14.6. The van der Waals surface area contributed by atoms with E-state index in [1.54, 1.807) is 0 Å². The molecule has 1 aliphatic heterocycles. The number of aliphatic hydroxyl groups excluding tert-OH is 2. The molecule has 112 valence electrons. The predicted octanol–water partition coefficient (Wildman–Crippen LogP) is -1.39. The number of aromatic nitrogens is 2. The van der Waals surface area contributed by atoms with Crippen molar-refractivity contribution >= 4 is 24.5 Å². The van der Waals surface area contributed by atoms with Crippen LogP contribution >= 0.6 is 6.81 Å². The second-order valence-corrected chi connectivity index (χ2v) is 5.16. The molecule has 3 atom stereocenters. The molecule has 3 N–H and O–H groups in total. The molecule has 1 saturated heterocycles. The van der Waals surface area contributed by atoms with Crippen LogP contribution in [-0.4, -0.2) is 44.5 Å². The number of hydrogen-bond donors (Lipinski definition) is 3. The predicted molar refractivity (Wildman–Crippen MR) is 75.4 cm³/mol. The van der Waals surface area contributed by atoms with Crippen molar-refractivity contribution in [1.82, 2.24) is 9.54 Å². The van der Waals surface area contributed by atoms with Crippen LogP contribution in [0.25, 0.3) is 0 Å². The van der Waals surface area contributed by atoms with Crippen molar-refractivity contribution in [3.63, 3.8) is 0 Å². The van der Waals surface area contributed by atoms with Crippen LogP contribution in [0.15, 0.2) is 22.1 Å². The summed E-state index contributed by atoms with van der Waals surface area (Å²) in [5, 5.41) is 18.7. The monoisotopic (exact) mass is 330 g/mol. The molecule has 0 bridgehead atoms. The first-order valence-corrected chi connectivity index (χ1v) is 7.83. The Bertz CT molecular complexity index is 817. The third-order valence-corrected chi connectivity index (χ3v) is 3.42. The fourth-order valence-electron chi connectivity index (χ4n) is 1.90. The Labute approximate surface area is 126 Å². The van der Waals surface area contributed by atoms with Crippen LogP contribution in [0.5, 0.6) is 0 Å². The summed E-state index contributed by atoms with van der Waals surface area (Å²) < 4.78 is 14.1. The van der Waals surface area contributed by atoms with Crippen LogP contribution in [0.3, 0.4) is 0 Å². The topological polar surface area (TPSA) is 117 Å². The third-order valence-electron chi connectivity index (χ3n) is 2.87. The minimum atomic E-state index is -0.901. The van der Waals surface area contributed by atoms with E-state index in [0.29, 0.717) is 4.98 Å². The molecule has 0 unspecified atom stereocenters. The number of carbonyl (C=O) groups is 1. The molecule has 0 spiro atoms. The van der Waals surface area contributed by atoms with Gasteiger partial charge in [0, 0.05) is 0 Å². The zero-order valence-corrected chi connectivity index (χ0v) is 12.3. The van der Waals surface area contributed by atoms with Crippen molar-refractivity contribution in [1.29, 1.82) is 0 Å². The van der Waals surface area contributed by atoms with E-state index >= 15 is 0 Å². The van der Waals surface area contributed by atoms with E-state index in [4.69, 9.17) is 11.3 Å². The van der Waals surface area contributed by atoms with E-state index in [9.17, 15) is 14.7 Å². The molecule has 0 radical (unpaired) electrons. The van der Waals surface area contributed by atoms with Crippen molar-refractivity contribution in [2.24, 2.45) is 4.99 Å². The van der Waals surface area contributed by atoms with Gasteiger partial charge in [0.05, 0.1) is 0 Å². The number of hydrogen-bond acceptors (Lipinski definition) is 6. The van der Waals surface area contributed by atoms with E-state index < -0.39 is 30.0 Å². The van der Waals surface area contributed by atoms with Gasteiger partial charge in [-0.05, 0) is 0 Å². The maximum absolute atomic E-state index is 12.1. The Hall–Kier alpha value is -1.34. The Kier molecular flexibility index (Phi) is 4.92. The van der Waals surface area contributed by atoms with Gasteiger partial charge in [-0.25, -0.2) is 0 Å². The number of aromatic amines is 1. The molecule has 0 aliphatic carbocycles. The van der Waals surface area contributed by atoms with Crippen molar-refractivity contribution in [2.45, 2.75) is 24.9 Å². The Morgan fingerprint density at radius 1 is 1.81 bits per heavy atom. The number of nitrogens with zero attached hydrogens (tertiary/aromatic N) is 2. The van der Waals surface area contributed by atoms with E-state index in [-0.39, 0.29) is 25.3 Å². The van der Waals surface area contributed by atoms with Gasteiger partial charge in [-0.15, -0.1) is 0 Å². The Balaban J connectivity index is 2.40. The van der Waals surface area contributed by atoms with Gasteiger partial charge in [0.1, 0.15) is 0 Å². The van der Waals surface area contributed by atoms with Crippen molar-refractivity contribution < 1.29 is 21.2 Å². The van der Waals surface area contributed by atoms with Gasteiger partial charge >= 0.3 is 126 Å². The SMILES string of the molecule is [2H]n1c(=NC(=O)C#P=S)ccn([C@H]2C[C@H](O)[C@@H](CO)O2)c1=O. The number of rotatable bonds is 2. The molecule has 0 saturated carbocycles. The first-order valence-electron chi connectivity index (χ1n) is 6.37. The summed E-state index contributed by atoms with van der Waals surface area (Å²) in [4.78, 5) is 27.4. The second kappa shape index (κ2) is 7.09. The summed E-state index contributed by atoms with van der Waals surface area (Å²) in [5.74, 6) is -0.761. The average Bonchev–Trinajstić information content (AvgIpc) is 2.85. The van der Waals surface area contributed by atoms with Crippen LogP contribution in [0.2, 0.25) is 1.41 Å². The number of aliphatic hydroxyl groups is 2. The van der Waals surface area contributed by atoms with Crippen LogP contribution in [0.1, 0.15) is 12.6 Å². The molecule has 21 heavy (non-hydrogen) atoms. The summed E-state index contributed by atoms with van der Waals surface area (Å²) in [6.07, 6.45) is -1.07. The molecular weight excluding hydrogens is 317 g/mol. The van der Waals surface area contributed by atoms with Gasteiger partial charge in [0.2, 0.25) is 0 Å². The van der Waals surface area contributed by atoms with Crippen molar-refractivity contribution in [3.05, 3.63) is 28.2 Å². The summed E-state index contributed by atoms with van der Waals surface area (Å²) in [6, 6.07) is 1.29. The average molecular weight is 330 g/mol. The molecular formula is C11H12N3O5PS. The van der Waals surface area contributed by atoms with Gasteiger partial charge in [-0.2, -0.15) is 0 Å². The summed E-state index contributed by atoms with van der Waals surface area (Å²) >= 11 is 4.53. The maximum atomic E-state index is 12.1. The van der Waals surface area contributed by atoms with E-state index in [0.717, 1.165) is 4.57 Å². The van der Waals surface area contributed by atoms with Crippen LogP contribution < -0.4 is 11.2 Å². The number of amides is 1. The molecule has 0 aromatic carbocycles. The number of ether oxygens (including phenoxy) is 1. The van der Waals surface area contributed by atoms with E-state index in [1.165, 1.54) is 12.3 Å². The standard InChI is InChI=1S/C11H12N3O5PS/c15-4-7-6(16)3-10(19-7)14-2-1-8(13-11(14)18)12-9(17)5-20-21/h1-2,6-7,10,15-16H,3-4H2,(H,12,13,17,18)/t6-,7+,10+/m0/s1/i/hD. The van der Waals surface area contributed by atoms with Crippen molar-refractivity contribution in [2.75, 3.05) is 6.61 Å². The van der Waals surface area contributed by atoms with Crippen LogP contribution in [-0.2, 0) is 21.3 Å². The Morgan fingerprint density at radius 3 is 3.19 bits per heavy atom. The molecule has 1 amide bonds. The van der Waals surface area contributed by atoms with Gasteiger partial charge in [-0.1, -0.05) is 0 Å². The molecule has 1 aromatic heterocycles.